The largest absolute Gasteiger partial charge is 0.350 e. The van der Waals surface area contributed by atoms with Gasteiger partial charge in [-0.2, -0.15) is 11.8 Å². The molecular weight excluding hydrogens is 234 g/mol. The molecule has 0 rings (SSSR count). The number of carbonyl (C=O) groups is 1. The predicted octanol–water partition coefficient (Wildman–Crippen LogP) is 0.769. The molecule has 0 heterocycles. The predicted molar refractivity (Wildman–Crippen MR) is 76.3 cm³/mol. The minimum absolute atomic E-state index is 0.0281. The van der Waals surface area contributed by atoms with E-state index in [1.54, 1.807) is 11.8 Å². The number of amides is 1. The maximum Gasteiger partial charge on any atom is 0.237 e. The summed E-state index contributed by atoms with van der Waals surface area (Å²) in [6.07, 6.45) is 2.76. The van der Waals surface area contributed by atoms with Gasteiger partial charge in [-0.25, -0.2) is 0 Å². The monoisotopic (exact) mass is 261 g/mol. The topological polar surface area (TPSA) is 58.4 Å². The number of likely N-dealkylation sites (N-methyl/N-ethyl adjacent to an activating group) is 1. The summed E-state index contributed by atoms with van der Waals surface area (Å²) in [5.41, 5.74) is 5.84. The molecule has 4 nitrogen and oxygen atoms in total. The molecule has 0 aromatic heterocycles. The van der Waals surface area contributed by atoms with E-state index in [4.69, 9.17) is 5.73 Å². The number of nitrogens with zero attached hydrogens (tertiary/aromatic N) is 1. The zero-order chi connectivity index (χ0) is 13.4. The number of carbonyl (C=O) groups excluding carboxylic acids is 1. The fraction of sp³-hybridized carbons (Fsp3) is 0.917. The molecule has 2 atom stereocenters. The third-order valence-electron chi connectivity index (χ3n) is 2.66. The summed E-state index contributed by atoms with van der Waals surface area (Å²) in [4.78, 5) is 14.0. The van der Waals surface area contributed by atoms with Crippen molar-refractivity contribution in [3.63, 3.8) is 0 Å². The van der Waals surface area contributed by atoms with Gasteiger partial charge in [0.25, 0.3) is 0 Å². The number of nitrogens with two attached hydrogens (primary N) is 1. The molecule has 3 N–H and O–H groups in total. The summed E-state index contributed by atoms with van der Waals surface area (Å²) in [5.74, 6) is 1.31. The first kappa shape index (κ1) is 16.7. The van der Waals surface area contributed by atoms with Crippen LogP contribution in [0.3, 0.4) is 0 Å². The van der Waals surface area contributed by atoms with Gasteiger partial charge in [0.05, 0.1) is 6.04 Å². The number of thioether (sulfide) groups is 1. The van der Waals surface area contributed by atoms with Crippen LogP contribution in [-0.4, -0.2) is 55.5 Å². The van der Waals surface area contributed by atoms with Crippen LogP contribution in [0.4, 0.5) is 0 Å². The fourth-order valence-corrected chi connectivity index (χ4v) is 1.97. The van der Waals surface area contributed by atoms with Crippen molar-refractivity contribution in [2.45, 2.75) is 32.4 Å². The van der Waals surface area contributed by atoms with Crippen molar-refractivity contribution < 1.29 is 4.79 Å². The van der Waals surface area contributed by atoms with Crippen LogP contribution in [0.1, 0.15) is 20.3 Å². The second kappa shape index (κ2) is 8.78. The Bertz CT molecular complexity index is 222. The van der Waals surface area contributed by atoms with E-state index in [9.17, 15) is 4.79 Å². The molecule has 1 amide bonds. The highest BCUT2D eigenvalue weighted by Crippen LogP contribution is 2.04. The average molecular weight is 261 g/mol. The number of hydrogen-bond donors (Lipinski definition) is 2. The van der Waals surface area contributed by atoms with Gasteiger partial charge in [-0.15, -0.1) is 0 Å². The summed E-state index contributed by atoms with van der Waals surface area (Å²) in [6, 6.07) is -0.219. The molecule has 0 saturated carbocycles. The van der Waals surface area contributed by atoms with Gasteiger partial charge < -0.3 is 16.0 Å². The maximum atomic E-state index is 11.9. The Morgan fingerprint density at radius 3 is 2.41 bits per heavy atom. The highest BCUT2D eigenvalue weighted by molar-refractivity contribution is 7.98. The van der Waals surface area contributed by atoms with E-state index in [1.165, 1.54) is 0 Å². The summed E-state index contributed by atoms with van der Waals surface area (Å²) in [5, 5.41) is 3.04. The average Bonchev–Trinajstić information content (AvgIpc) is 2.23. The van der Waals surface area contributed by atoms with Gasteiger partial charge in [0.15, 0.2) is 0 Å². The normalized spacial score (nSPS) is 15.1. The molecule has 0 fully saturated rings. The summed E-state index contributed by atoms with van der Waals surface area (Å²) in [7, 11) is 4.02. The Morgan fingerprint density at radius 1 is 1.41 bits per heavy atom. The molecule has 102 valence electrons. The molecule has 0 spiro atoms. The van der Waals surface area contributed by atoms with E-state index in [0.717, 1.165) is 18.7 Å². The number of hydrogen-bond acceptors (Lipinski definition) is 4. The van der Waals surface area contributed by atoms with Crippen LogP contribution in [0.15, 0.2) is 0 Å². The summed E-state index contributed by atoms with van der Waals surface area (Å²) < 4.78 is 0. The highest BCUT2D eigenvalue weighted by atomic mass is 32.2. The molecule has 0 radical (unpaired) electrons. The first-order valence-electron chi connectivity index (χ1n) is 6.08. The van der Waals surface area contributed by atoms with E-state index in [2.05, 4.69) is 24.1 Å². The lowest BCUT2D eigenvalue weighted by molar-refractivity contribution is -0.123. The molecule has 0 aromatic rings. The standard InChI is InChI=1S/C12H27N3OS/c1-9(2)11(8-15(3)4)14-12(16)10(13)6-7-17-5/h9-11H,6-8,13H2,1-5H3,(H,14,16)/t10-,11?/m1/s1. The molecular formula is C12H27N3OS. The maximum absolute atomic E-state index is 11.9. The second-order valence-electron chi connectivity index (χ2n) is 5.01. The van der Waals surface area contributed by atoms with Crippen LogP contribution in [-0.2, 0) is 4.79 Å². The minimum atomic E-state index is -0.383. The van der Waals surface area contributed by atoms with Gasteiger partial charge in [-0.3, -0.25) is 4.79 Å². The van der Waals surface area contributed by atoms with Crippen LogP contribution in [0.25, 0.3) is 0 Å². The Morgan fingerprint density at radius 2 is 2.00 bits per heavy atom. The molecule has 0 aliphatic carbocycles. The van der Waals surface area contributed by atoms with Crippen LogP contribution < -0.4 is 11.1 Å². The van der Waals surface area contributed by atoms with Gasteiger partial charge in [0.2, 0.25) is 5.91 Å². The molecule has 1 unspecified atom stereocenters. The first-order chi connectivity index (χ1) is 7.88. The third kappa shape index (κ3) is 7.63. The first-order valence-corrected chi connectivity index (χ1v) is 7.47. The van der Waals surface area contributed by atoms with Gasteiger partial charge in [0, 0.05) is 12.6 Å². The van der Waals surface area contributed by atoms with Crippen molar-refractivity contribution in [1.29, 1.82) is 0 Å². The molecule has 5 heteroatoms. The molecule has 0 aromatic carbocycles. The van der Waals surface area contributed by atoms with Crippen molar-refractivity contribution in [1.82, 2.24) is 10.2 Å². The lowest BCUT2D eigenvalue weighted by atomic mass is 10.0. The SMILES string of the molecule is CSCC[C@@H](N)C(=O)NC(CN(C)C)C(C)C. The Hall–Kier alpha value is -0.260. The zero-order valence-corrected chi connectivity index (χ0v) is 12.5. The lowest BCUT2D eigenvalue weighted by Gasteiger charge is -2.26. The van der Waals surface area contributed by atoms with Crippen molar-refractivity contribution >= 4 is 17.7 Å². The van der Waals surface area contributed by atoms with Gasteiger partial charge in [-0.05, 0) is 38.4 Å². The van der Waals surface area contributed by atoms with E-state index < -0.39 is 0 Å². The third-order valence-corrected chi connectivity index (χ3v) is 3.31. The van der Waals surface area contributed by atoms with Crippen molar-refractivity contribution in [3.05, 3.63) is 0 Å². The summed E-state index contributed by atoms with van der Waals surface area (Å²) in [6.45, 7) is 5.07. The quantitative estimate of drug-likeness (QED) is 0.677. The lowest BCUT2D eigenvalue weighted by Crippen LogP contribution is -2.50. The number of nitrogens with one attached hydrogen (secondary N) is 1. The van der Waals surface area contributed by atoms with Gasteiger partial charge >= 0.3 is 0 Å². The smallest absolute Gasteiger partial charge is 0.237 e. The van der Waals surface area contributed by atoms with Crippen molar-refractivity contribution in [3.8, 4) is 0 Å². The Balaban J connectivity index is 4.20. The highest BCUT2D eigenvalue weighted by Gasteiger charge is 2.20. The molecule has 0 aliphatic rings. The van der Waals surface area contributed by atoms with Gasteiger partial charge in [0.1, 0.15) is 0 Å². The van der Waals surface area contributed by atoms with E-state index in [-0.39, 0.29) is 18.0 Å². The zero-order valence-electron chi connectivity index (χ0n) is 11.7. The molecule has 17 heavy (non-hydrogen) atoms. The van der Waals surface area contributed by atoms with Crippen LogP contribution in [0.5, 0.6) is 0 Å². The van der Waals surface area contributed by atoms with Crippen LogP contribution in [0.2, 0.25) is 0 Å². The summed E-state index contributed by atoms with van der Waals surface area (Å²) >= 11 is 1.71. The van der Waals surface area contributed by atoms with Crippen LogP contribution in [0, 0.1) is 5.92 Å². The van der Waals surface area contributed by atoms with Crippen LogP contribution >= 0.6 is 11.8 Å². The molecule has 0 bridgehead atoms. The fourth-order valence-electron chi connectivity index (χ4n) is 1.48. The molecule has 0 aliphatic heterocycles. The second-order valence-corrected chi connectivity index (χ2v) is 5.99. The van der Waals surface area contributed by atoms with E-state index in [1.807, 2.05) is 20.4 Å². The van der Waals surface area contributed by atoms with E-state index in [0.29, 0.717) is 5.92 Å². The Kier molecular flexibility index (Phi) is 8.64. The number of rotatable bonds is 8. The minimum Gasteiger partial charge on any atom is -0.350 e. The molecule has 0 saturated heterocycles. The van der Waals surface area contributed by atoms with Gasteiger partial charge in [-0.1, -0.05) is 13.8 Å². The Labute approximate surface area is 110 Å². The van der Waals surface area contributed by atoms with E-state index >= 15 is 0 Å². The van der Waals surface area contributed by atoms with Crippen molar-refractivity contribution in [2.24, 2.45) is 11.7 Å². The van der Waals surface area contributed by atoms with Crippen molar-refractivity contribution in [2.75, 3.05) is 32.6 Å².